The summed E-state index contributed by atoms with van der Waals surface area (Å²) < 4.78 is 7.73. The molecule has 0 aromatic rings. The minimum absolute atomic E-state index is 0.231. The molecule has 0 aliphatic carbocycles. The van der Waals surface area contributed by atoms with Crippen molar-refractivity contribution in [2.24, 2.45) is 0 Å². The quantitative estimate of drug-likeness (QED) is 0.524. The molecule has 1 fully saturated rings. The number of alkyl halides is 3. The summed E-state index contributed by atoms with van der Waals surface area (Å²) in [5, 5.41) is 0. The summed E-state index contributed by atoms with van der Waals surface area (Å²) in [4.78, 5) is 0. The maximum absolute atomic E-state index is 5.38. The maximum atomic E-state index is 5.38. The van der Waals surface area contributed by atoms with Gasteiger partial charge >= 0.3 is 4.71 Å². The first-order chi connectivity index (χ1) is 3.60. The van der Waals surface area contributed by atoms with Crippen LogP contribution in [0.15, 0.2) is 0 Å². The van der Waals surface area contributed by atoms with Crippen molar-refractivity contribution < 1.29 is 9.47 Å². The number of ether oxygens (including phenoxy) is 2. The van der Waals surface area contributed by atoms with E-state index in [9.17, 15) is 0 Å². The van der Waals surface area contributed by atoms with Gasteiger partial charge < -0.3 is 9.47 Å². The summed E-state index contributed by atoms with van der Waals surface area (Å²) in [5.41, 5.74) is -0.523. The topological polar surface area (TPSA) is 18.5 Å². The van der Waals surface area contributed by atoms with Crippen molar-refractivity contribution in [1.82, 2.24) is 0 Å². The highest BCUT2D eigenvalue weighted by atomic mass is 35.5. The fourth-order valence-electron chi connectivity index (χ4n) is 0.379. The van der Waals surface area contributed by atoms with Crippen LogP contribution in [0.25, 0.3) is 0 Å². The minimum atomic E-state index is -1.52. The SMILES string of the molecule is ClC1COC(Cl)(Cl)O1. The largest absolute Gasteiger partial charge is 0.333 e. The minimum Gasteiger partial charge on any atom is -0.320 e. The lowest BCUT2D eigenvalue weighted by Gasteiger charge is -2.07. The van der Waals surface area contributed by atoms with E-state index in [0.29, 0.717) is 0 Å². The molecule has 1 unspecified atom stereocenters. The zero-order valence-corrected chi connectivity index (χ0v) is 6.00. The zero-order chi connectivity index (χ0) is 6.20. The summed E-state index contributed by atoms with van der Waals surface area (Å²) in [5.74, 6) is 0. The molecule has 0 aromatic heterocycles. The van der Waals surface area contributed by atoms with Gasteiger partial charge in [0.1, 0.15) is 0 Å². The molecule has 1 aliphatic rings. The van der Waals surface area contributed by atoms with Crippen LogP contribution in [0.5, 0.6) is 0 Å². The summed E-state index contributed by atoms with van der Waals surface area (Å²) in [6.45, 7) is 0.231. The molecule has 1 rings (SSSR count). The van der Waals surface area contributed by atoms with Gasteiger partial charge in [-0.1, -0.05) is 11.6 Å². The molecule has 5 heteroatoms. The van der Waals surface area contributed by atoms with Crippen molar-refractivity contribution in [1.29, 1.82) is 0 Å². The standard InChI is InChI=1S/C3H3Cl3O2/c4-2-1-7-3(5,6)8-2/h2H,1H2. The van der Waals surface area contributed by atoms with Crippen LogP contribution in [0, 0.1) is 0 Å². The van der Waals surface area contributed by atoms with Gasteiger partial charge in [0.05, 0.1) is 6.61 Å². The van der Waals surface area contributed by atoms with Crippen LogP contribution in [0.3, 0.4) is 0 Å². The molecule has 0 bridgehead atoms. The van der Waals surface area contributed by atoms with E-state index in [2.05, 4.69) is 9.47 Å². The van der Waals surface area contributed by atoms with Gasteiger partial charge in [-0.3, -0.25) is 0 Å². The van der Waals surface area contributed by atoms with Gasteiger partial charge in [0, 0.05) is 0 Å². The summed E-state index contributed by atoms with van der Waals surface area (Å²) in [6.07, 6.45) is 0. The second-order valence-corrected chi connectivity index (χ2v) is 2.98. The van der Waals surface area contributed by atoms with E-state index < -0.39 is 10.3 Å². The first-order valence-corrected chi connectivity index (χ1v) is 3.13. The number of rotatable bonds is 0. The number of hydrogen-bond donors (Lipinski definition) is 0. The van der Waals surface area contributed by atoms with Crippen LogP contribution in [0.2, 0.25) is 0 Å². The third kappa shape index (κ3) is 1.64. The molecule has 1 atom stereocenters. The van der Waals surface area contributed by atoms with E-state index >= 15 is 0 Å². The lowest BCUT2D eigenvalue weighted by molar-refractivity contribution is -0.0173. The molecule has 0 N–H and O–H groups in total. The zero-order valence-electron chi connectivity index (χ0n) is 3.73. The Labute approximate surface area is 61.6 Å². The van der Waals surface area contributed by atoms with Crippen molar-refractivity contribution in [2.45, 2.75) is 10.3 Å². The molecule has 0 aromatic carbocycles. The Kier molecular flexibility index (Phi) is 1.89. The highest BCUT2D eigenvalue weighted by Crippen LogP contribution is 2.32. The smallest absolute Gasteiger partial charge is 0.320 e. The predicted octanol–water partition coefficient (Wildman–Crippen LogP) is 1.69. The first kappa shape index (κ1) is 6.90. The lowest BCUT2D eigenvalue weighted by atomic mass is 10.8. The Morgan fingerprint density at radius 3 is 2.25 bits per heavy atom. The Bertz CT molecular complexity index is 94.5. The van der Waals surface area contributed by atoms with Gasteiger partial charge in [0.25, 0.3) is 0 Å². The monoisotopic (exact) mass is 176 g/mol. The summed E-state index contributed by atoms with van der Waals surface area (Å²) in [6, 6.07) is 0. The van der Waals surface area contributed by atoms with E-state index in [1.54, 1.807) is 0 Å². The van der Waals surface area contributed by atoms with Gasteiger partial charge in [-0.05, 0) is 23.2 Å². The Morgan fingerprint density at radius 1 is 1.50 bits per heavy atom. The third-order valence-electron chi connectivity index (χ3n) is 0.647. The van der Waals surface area contributed by atoms with Crippen molar-refractivity contribution in [3.63, 3.8) is 0 Å². The molecule has 0 spiro atoms. The average molecular weight is 177 g/mol. The van der Waals surface area contributed by atoms with E-state index in [0.717, 1.165) is 0 Å². The van der Waals surface area contributed by atoms with Crippen molar-refractivity contribution in [3.05, 3.63) is 0 Å². The van der Waals surface area contributed by atoms with E-state index in [-0.39, 0.29) is 6.61 Å². The molecule has 0 radical (unpaired) electrons. The maximum Gasteiger partial charge on any atom is 0.333 e. The van der Waals surface area contributed by atoms with E-state index in [1.165, 1.54) is 0 Å². The second-order valence-electron chi connectivity index (χ2n) is 1.30. The highest BCUT2D eigenvalue weighted by Gasteiger charge is 2.36. The second kappa shape index (κ2) is 2.20. The summed E-state index contributed by atoms with van der Waals surface area (Å²) >= 11 is 16.0. The third-order valence-corrected chi connectivity index (χ3v) is 1.26. The molecule has 1 saturated heterocycles. The van der Waals surface area contributed by atoms with Crippen molar-refractivity contribution in [3.8, 4) is 0 Å². The summed E-state index contributed by atoms with van der Waals surface area (Å²) in [7, 11) is 0. The molecule has 8 heavy (non-hydrogen) atoms. The van der Waals surface area contributed by atoms with Gasteiger partial charge in [0.2, 0.25) is 0 Å². The van der Waals surface area contributed by atoms with Crippen LogP contribution < -0.4 is 0 Å². The van der Waals surface area contributed by atoms with E-state index in [1.807, 2.05) is 0 Å². The van der Waals surface area contributed by atoms with Crippen LogP contribution in [0.1, 0.15) is 0 Å². The first-order valence-electron chi connectivity index (χ1n) is 1.94. The molecule has 1 heterocycles. The molecular formula is C3H3Cl3O2. The number of halogens is 3. The Morgan fingerprint density at radius 2 is 2.12 bits per heavy atom. The fraction of sp³-hybridized carbons (Fsp3) is 1.00. The van der Waals surface area contributed by atoms with Crippen LogP contribution in [-0.2, 0) is 9.47 Å². The van der Waals surface area contributed by atoms with Crippen molar-refractivity contribution >= 4 is 34.8 Å². The van der Waals surface area contributed by atoms with Gasteiger partial charge in [0.15, 0.2) is 5.56 Å². The molecule has 2 nitrogen and oxygen atoms in total. The van der Waals surface area contributed by atoms with Crippen LogP contribution >= 0.6 is 34.8 Å². The molecular weight excluding hydrogens is 174 g/mol. The van der Waals surface area contributed by atoms with Crippen LogP contribution in [-0.4, -0.2) is 16.9 Å². The normalized spacial score (nSPS) is 35.6. The Balaban J connectivity index is 2.44. The van der Waals surface area contributed by atoms with Gasteiger partial charge in [-0.25, -0.2) is 0 Å². The average Bonchev–Trinajstić information content (AvgIpc) is 1.82. The predicted molar refractivity (Wildman–Crippen MR) is 31.1 cm³/mol. The van der Waals surface area contributed by atoms with Gasteiger partial charge in [-0.2, -0.15) is 0 Å². The van der Waals surface area contributed by atoms with Crippen molar-refractivity contribution in [2.75, 3.05) is 6.61 Å². The van der Waals surface area contributed by atoms with E-state index in [4.69, 9.17) is 34.8 Å². The van der Waals surface area contributed by atoms with Crippen LogP contribution in [0.4, 0.5) is 0 Å². The molecule has 0 amide bonds. The Hall–Kier alpha value is 0.790. The lowest BCUT2D eigenvalue weighted by Crippen LogP contribution is -2.12. The van der Waals surface area contributed by atoms with Gasteiger partial charge in [-0.15, -0.1) is 0 Å². The molecule has 1 aliphatic heterocycles. The molecule has 0 saturated carbocycles. The molecule has 48 valence electrons. The highest BCUT2D eigenvalue weighted by molar-refractivity contribution is 6.46. The number of hydrogen-bond acceptors (Lipinski definition) is 2. The fourth-order valence-corrected chi connectivity index (χ4v) is 1.00.